The lowest BCUT2D eigenvalue weighted by Crippen LogP contribution is -2.31. The molecule has 0 saturated heterocycles. The van der Waals surface area contributed by atoms with E-state index < -0.39 is 18.4 Å². The zero-order chi connectivity index (χ0) is 15.2. The molecule has 1 atom stereocenters. The van der Waals surface area contributed by atoms with Crippen molar-refractivity contribution in [3.05, 3.63) is 34.6 Å². The van der Waals surface area contributed by atoms with Gasteiger partial charge in [-0.3, -0.25) is 0 Å². The lowest BCUT2D eigenvalue weighted by molar-refractivity contribution is -0.135. The van der Waals surface area contributed by atoms with Crippen LogP contribution in [0, 0.1) is 5.82 Å². The fourth-order valence-corrected chi connectivity index (χ4v) is 2.28. The zero-order valence-corrected chi connectivity index (χ0v) is 12.0. The van der Waals surface area contributed by atoms with Crippen LogP contribution in [0.5, 0.6) is 0 Å². The maximum atomic E-state index is 13.8. The van der Waals surface area contributed by atoms with Crippen LogP contribution in [0.25, 0.3) is 0 Å². The number of hydrogen-bond acceptors (Lipinski definition) is 1. The molecule has 114 valence electrons. The molecule has 0 amide bonds. The van der Waals surface area contributed by atoms with Crippen molar-refractivity contribution in [2.75, 3.05) is 6.54 Å². The molecule has 1 aromatic rings. The third kappa shape index (κ3) is 6.09. The third-order valence-corrected chi connectivity index (χ3v) is 3.30. The van der Waals surface area contributed by atoms with E-state index in [-0.39, 0.29) is 17.5 Å². The highest BCUT2D eigenvalue weighted by Crippen LogP contribution is 2.24. The summed E-state index contributed by atoms with van der Waals surface area (Å²) in [4.78, 5) is 0. The average molecular weight is 312 g/mol. The summed E-state index contributed by atoms with van der Waals surface area (Å²) in [5.41, 5.74) is 0.426. The van der Waals surface area contributed by atoms with Gasteiger partial charge in [0.2, 0.25) is 0 Å². The maximum Gasteiger partial charge on any atom is 0.389 e. The first-order valence-corrected chi connectivity index (χ1v) is 6.94. The summed E-state index contributed by atoms with van der Waals surface area (Å²) in [6, 6.07) is 4.51. The fourth-order valence-electron chi connectivity index (χ4n) is 2.09. The summed E-state index contributed by atoms with van der Waals surface area (Å²) in [6.07, 6.45) is -4.24. The van der Waals surface area contributed by atoms with Crippen molar-refractivity contribution in [3.8, 4) is 0 Å². The molecule has 0 aliphatic heterocycles. The van der Waals surface area contributed by atoms with Gasteiger partial charge in [0.1, 0.15) is 5.82 Å². The van der Waals surface area contributed by atoms with Crippen LogP contribution in [-0.2, 0) is 6.42 Å². The molecule has 0 radical (unpaired) electrons. The summed E-state index contributed by atoms with van der Waals surface area (Å²) >= 11 is 5.69. The largest absolute Gasteiger partial charge is 0.389 e. The molecule has 0 aliphatic rings. The molecule has 0 aromatic heterocycles. The van der Waals surface area contributed by atoms with Crippen LogP contribution in [0.3, 0.4) is 0 Å². The Bertz CT molecular complexity index is 420. The molecule has 0 aliphatic carbocycles. The number of halogens is 5. The minimum Gasteiger partial charge on any atom is -0.314 e. The predicted molar refractivity (Wildman–Crippen MR) is 72.5 cm³/mol. The Labute approximate surface area is 121 Å². The summed E-state index contributed by atoms with van der Waals surface area (Å²) in [6.45, 7) is 2.49. The molecule has 1 rings (SSSR count). The minimum atomic E-state index is -4.14. The number of hydrogen-bond donors (Lipinski definition) is 1. The van der Waals surface area contributed by atoms with Crippen molar-refractivity contribution < 1.29 is 17.6 Å². The summed E-state index contributed by atoms with van der Waals surface area (Å²) in [7, 11) is 0. The number of benzene rings is 1. The molecule has 0 bridgehead atoms. The lowest BCUT2D eigenvalue weighted by Gasteiger charge is -2.19. The second-order valence-corrected chi connectivity index (χ2v) is 5.09. The molecule has 1 N–H and O–H groups in total. The summed E-state index contributed by atoms with van der Waals surface area (Å²) < 4.78 is 50.2. The highest BCUT2D eigenvalue weighted by Gasteiger charge is 2.26. The first-order chi connectivity index (χ1) is 9.33. The maximum absolute atomic E-state index is 13.8. The van der Waals surface area contributed by atoms with E-state index in [1.54, 1.807) is 12.1 Å². The Morgan fingerprint density at radius 1 is 1.30 bits per heavy atom. The first-order valence-electron chi connectivity index (χ1n) is 6.56. The van der Waals surface area contributed by atoms with Crippen LogP contribution in [-0.4, -0.2) is 18.8 Å². The van der Waals surface area contributed by atoms with Crippen LogP contribution >= 0.6 is 11.6 Å². The average Bonchev–Trinajstić information content (AvgIpc) is 2.33. The molecule has 0 heterocycles. The first kappa shape index (κ1) is 17.2. The fraction of sp³-hybridized carbons (Fsp3) is 0.571. The highest BCUT2D eigenvalue weighted by atomic mass is 35.5. The van der Waals surface area contributed by atoms with Crippen molar-refractivity contribution >= 4 is 11.6 Å². The van der Waals surface area contributed by atoms with Gasteiger partial charge in [0, 0.05) is 12.5 Å². The molecule has 1 aromatic carbocycles. The van der Waals surface area contributed by atoms with Crippen molar-refractivity contribution in [3.63, 3.8) is 0 Å². The number of alkyl halides is 3. The van der Waals surface area contributed by atoms with E-state index in [2.05, 4.69) is 5.32 Å². The van der Waals surface area contributed by atoms with Crippen LogP contribution in [0.2, 0.25) is 5.02 Å². The van der Waals surface area contributed by atoms with Gasteiger partial charge in [-0.25, -0.2) is 4.39 Å². The molecular weight excluding hydrogens is 294 g/mol. The van der Waals surface area contributed by atoms with Crippen LogP contribution in [0.1, 0.15) is 31.7 Å². The number of likely N-dealkylation sites (N-methyl/N-ethyl adjacent to an activating group) is 1. The Kier molecular flexibility index (Phi) is 6.76. The lowest BCUT2D eigenvalue weighted by atomic mass is 10.0. The number of nitrogens with one attached hydrogen (secondary N) is 1. The normalized spacial score (nSPS) is 13.5. The van der Waals surface area contributed by atoms with Gasteiger partial charge < -0.3 is 5.32 Å². The van der Waals surface area contributed by atoms with E-state index in [4.69, 9.17) is 11.6 Å². The van der Waals surface area contributed by atoms with Gasteiger partial charge in [-0.1, -0.05) is 30.7 Å². The second kappa shape index (κ2) is 7.84. The molecule has 0 spiro atoms. The molecule has 1 unspecified atom stereocenters. The van der Waals surface area contributed by atoms with Gasteiger partial charge >= 0.3 is 6.18 Å². The predicted octanol–water partition coefficient (Wildman–Crippen LogP) is 4.73. The van der Waals surface area contributed by atoms with Crippen molar-refractivity contribution in [1.82, 2.24) is 5.32 Å². The zero-order valence-electron chi connectivity index (χ0n) is 11.2. The van der Waals surface area contributed by atoms with Crippen LogP contribution in [0.15, 0.2) is 18.2 Å². The van der Waals surface area contributed by atoms with Crippen molar-refractivity contribution in [2.24, 2.45) is 0 Å². The monoisotopic (exact) mass is 311 g/mol. The second-order valence-electron chi connectivity index (χ2n) is 4.68. The van der Waals surface area contributed by atoms with E-state index >= 15 is 0 Å². The molecular formula is C14H18ClF4N. The minimum absolute atomic E-state index is 0.0311. The van der Waals surface area contributed by atoms with Crippen molar-refractivity contribution in [2.45, 2.75) is 44.8 Å². The van der Waals surface area contributed by atoms with E-state index in [1.165, 1.54) is 6.07 Å². The summed E-state index contributed by atoms with van der Waals surface area (Å²) in [5.74, 6) is -0.493. The Balaban J connectivity index is 2.60. The van der Waals surface area contributed by atoms with E-state index in [1.807, 2.05) is 6.92 Å². The van der Waals surface area contributed by atoms with Gasteiger partial charge in [-0.15, -0.1) is 0 Å². The van der Waals surface area contributed by atoms with Gasteiger partial charge in [-0.05, 0) is 37.4 Å². The standard InChI is InChI=1S/C14H18ClF4N/c1-2-20-11(6-4-8-14(17,18)19)9-10-5-3-7-12(15)13(10)16/h3,5,7,11,20H,2,4,6,8-9H2,1H3. The molecule has 0 saturated carbocycles. The molecule has 0 fully saturated rings. The van der Waals surface area contributed by atoms with Gasteiger partial charge in [-0.2, -0.15) is 13.2 Å². The van der Waals surface area contributed by atoms with Gasteiger partial charge in [0.15, 0.2) is 0 Å². The smallest absolute Gasteiger partial charge is 0.314 e. The third-order valence-electron chi connectivity index (χ3n) is 3.00. The molecule has 20 heavy (non-hydrogen) atoms. The molecule has 1 nitrogen and oxygen atoms in total. The van der Waals surface area contributed by atoms with E-state index in [0.717, 1.165) is 0 Å². The molecule has 6 heteroatoms. The van der Waals surface area contributed by atoms with Crippen LogP contribution < -0.4 is 5.32 Å². The highest BCUT2D eigenvalue weighted by molar-refractivity contribution is 6.30. The van der Waals surface area contributed by atoms with Gasteiger partial charge in [0.05, 0.1) is 5.02 Å². The Morgan fingerprint density at radius 2 is 2.00 bits per heavy atom. The summed E-state index contributed by atoms with van der Waals surface area (Å²) in [5, 5.41) is 3.12. The Morgan fingerprint density at radius 3 is 2.60 bits per heavy atom. The van der Waals surface area contributed by atoms with E-state index in [0.29, 0.717) is 24.9 Å². The SMILES string of the molecule is CCNC(CCCC(F)(F)F)Cc1cccc(Cl)c1F. The topological polar surface area (TPSA) is 12.0 Å². The Hall–Kier alpha value is -0.810. The van der Waals surface area contributed by atoms with Crippen molar-refractivity contribution in [1.29, 1.82) is 0 Å². The van der Waals surface area contributed by atoms with E-state index in [9.17, 15) is 17.6 Å². The van der Waals surface area contributed by atoms with Crippen LogP contribution in [0.4, 0.5) is 17.6 Å². The quantitative estimate of drug-likeness (QED) is 0.718. The van der Waals surface area contributed by atoms with Gasteiger partial charge in [0.25, 0.3) is 0 Å². The number of rotatable bonds is 7.